The highest BCUT2D eigenvalue weighted by Gasteiger charge is 2.32. The van der Waals surface area contributed by atoms with E-state index < -0.39 is 0 Å². The van der Waals surface area contributed by atoms with Crippen molar-refractivity contribution in [2.75, 3.05) is 7.05 Å². The predicted octanol–water partition coefficient (Wildman–Crippen LogP) is 13.6. The molecule has 10 rings (SSSR count). The molecule has 0 bridgehead atoms. The molecule has 246 valence electrons. The van der Waals surface area contributed by atoms with Crippen LogP contribution in [0.3, 0.4) is 0 Å². The smallest absolute Gasteiger partial charge is 0.144 e. The molecule has 3 heteroatoms. The SMILES string of the molecule is C[N+](c1ccccc1)(c1ccc(-c2cccc(-c3cccc4oc5ccccc5c34)c2)cc1)c1cccc(-n2c3ccccc3c3ccccc32)c1. The molecule has 0 saturated carbocycles. The summed E-state index contributed by atoms with van der Waals surface area (Å²) in [5, 5.41) is 4.82. The van der Waals surface area contributed by atoms with Gasteiger partial charge in [-0.05, 0) is 82.9 Å². The van der Waals surface area contributed by atoms with Gasteiger partial charge in [-0.3, -0.25) is 0 Å². The Morgan fingerprint density at radius 3 is 1.75 bits per heavy atom. The number of benzene rings is 8. The van der Waals surface area contributed by atoms with Crippen molar-refractivity contribution in [3.8, 4) is 27.9 Å². The highest BCUT2D eigenvalue weighted by Crippen LogP contribution is 2.44. The lowest BCUT2D eigenvalue weighted by Crippen LogP contribution is -2.33. The quantitative estimate of drug-likeness (QED) is 0.161. The first-order chi connectivity index (χ1) is 25.7. The Kier molecular flexibility index (Phi) is 6.95. The number of para-hydroxylation sites is 4. The number of fused-ring (bicyclic) bond motifs is 6. The van der Waals surface area contributed by atoms with Crippen LogP contribution in [-0.2, 0) is 0 Å². The second-order valence-electron chi connectivity index (χ2n) is 13.6. The minimum atomic E-state index is 0.516. The number of hydrogen-bond acceptors (Lipinski definition) is 1. The number of furan rings is 1. The van der Waals surface area contributed by atoms with Crippen molar-refractivity contribution < 1.29 is 4.42 Å². The average molecular weight is 668 g/mol. The minimum absolute atomic E-state index is 0.516. The van der Waals surface area contributed by atoms with Gasteiger partial charge in [-0.25, -0.2) is 4.48 Å². The van der Waals surface area contributed by atoms with E-state index in [1.54, 1.807) is 0 Å². The summed E-state index contributed by atoms with van der Waals surface area (Å²) < 4.78 is 9.12. The highest BCUT2D eigenvalue weighted by atomic mass is 16.3. The van der Waals surface area contributed by atoms with Crippen LogP contribution in [0, 0.1) is 0 Å². The Balaban J connectivity index is 1.07. The van der Waals surface area contributed by atoms with Crippen LogP contribution in [0.4, 0.5) is 17.1 Å². The summed E-state index contributed by atoms with van der Waals surface area (Å²) in [6, 6.07) is 69.8. The average Bonchev–Trinajstić information content (AvgIpc) is 3.77. The molecule has 52 heavy (non-hydrogen) atoms. The lowest BCUT2D eigenvalue weighted by molar-refractivity contribution is 0.627. The molecule has 0 amide bonds. The first kappa shape index (κ1) is 30.2. The monoisotopic (exact) mass is 667 g/mol. The van der Waals surface area contributed by atoms with Crippen molar-refractivity contribution in [3.05, 3.63) is 194 Å². The van der Waals surface area contributed by atoms with Gasteiger partial charge in [-0.15, -0.1) is 0 Å². The van der Waals surface area contributed by atoms with Crippen LogP contribution in [-0.4, -0.2) is 11.6 Å². The highest BCUT2D eigenvalue weighted by molar-refractivity contribution is 6.12. The summed E-state index contributed by atoms with van der Waals surface area (Å²) in [7, 11) is 2.30. The van der Waals surface area contributed by atoms with Crippen LogP contribution in [0.25, 0.3) is 71.7 Å². The molecular formula is C49H35N2O+. The maximum Gasteiger partial charge on any atom is 0.144 e. The van der Waals surface area contributed by atoms with E-state index in [1.165, 1.54) is 61.1 Å². The van der Waals surface area contributed by atoms with Crippen molar-refractivity contribution >= 4 is 60.8 Å². The first-order valence-electron chi connectivity index (χ1n) is 17.8. The zero-order valence-electron chi connectivity index (χ0n) is 28.8. The van der Waals surface area contributed by atoms with Gasteiger partial charge in [-0.2, -0.15) is 0 Å². The standard InChI is InChI=1S/C49H35N2O/c1-51(38-17-3-2-4-18-38,40-19-12-16-37(33-40)50-45-24-8-5-20-42(45)43-21-6-9-25-46(43)50)39-30-28-34(29-31-39)35-14-11-15-36(32-35)41-23-13-27-48-49(41)44-22-7-10-26-47(44)52-48/h2-33H,1H3/q+1. The molecule has 2 heterocycles. The predicted molar refractivity (Wildman–Crippen MR) is 219 cm³/mol. The molecule has 0 spiro atoms. The van der Waals surface area contributed by atoms with Crippen LogP contribution in [0.1, 0.15) is 0 Å². The normalized spacial score (nSPS) is 12.9. The molecule has 0 N–H and O–H groups in total. The van der Waals surface area contributed by atoms with Gasteiger partial charge in [0.15, 0.2) is 0 Å². The largest absolute Gasteiger partial charge is 0.456 e. The zero-order chi connectivity index (χ0) is 34.6. The summed E-state index contributed by atoms with van der Waals surface area (Å²) in [4.78, 5) is 0. The Bertz CT molecular complexity index is 2860. The van der Waals surface area contributed by atoms with Gasteiger partial charge in [0.05, 0.1) is 23.8 Å². The molecule has 0 aliphatic carbocycles. The van der Waals surface area contributed by atoms with Gasteiger partial charge in [-0.1, -0.05) is 109 Å². The van der Waals surface area contributed by atoms with E-state index in [4.69, 9.17) is 4.42 Å². The van der Waals surface area contributed by atoms with Crippen molar-refractivity contribution in [1.29, 1.82) is 0 Å². The van der Waals surface area contributed by atoms with Crippen LogP contribution < -0.4 is 4.48 Å². The molecule has 2 aromatic heterocycles. The number of aromatic nitrogens is 1. The van der Waals surface area contributed by atoms with E-state index >= 15 is 0 Å². The molecule has 3 nitrogen and oxygen atoms in total. The van der Waals surface area contributed by atoms with Gasteiger partial charge in [0.1, 0.15) is 28.2 Å². The Labute approximate surface area is 302 Å². The van der Waals surface area contributed by atoms with Gasteiger partial charge >= 0.3 is 0 Å². The third-order valence-corrected chi connectivity index (χ3v) is 10.8. The lowest BCUT2D eigenvalue weighted by Gasteiger charge is -2.33. The molecule has 0 aliphatic rings. The van der Waals surface area contributed by atoms with Gasteiger partial charge in [0.2, 0.25) is 0 Å². The Morgan fingerprint density at radius 2 is 0.981 bits per heavy atom. The molecular weight excluding hydrogens is 633 g/mol. The topological polar surface area (TPSA) is 18.1 Å². The van der Waals surface area contributed by atoms with E-state index in [2.05, 4.69) is 194 Å². The van der Waals surface area contributed by atoms with Crippen LogP contribution in [0.15, 0.2) is 199 Å². The zero-order valence-corrected chi connectivity index (χ0v) is 28.8. The van der Waals surface area contributed by atoms with E-state index in [1.807, 2.05) is 12.1 Å². The molecule has 0 radical (unpaired) electrons. The Morgan fingerprint density at radius 1 is 0.404 bits per heavy atom. The molecule has 8 aromatic carbocycles. The summed E-state index contributed by atoms with van der Waals surface area (Å²) in [6.07, 6.45) is 0. The maximum absolute atomic E-state index is 6.21. The van der Waals surface area contributed by atoms with Crippen molar-refractivity contribution in [2.24, 2.45) is 0 Å². The minimum Gasteiger partial charge on any atom is -0.456 e. The maximum atomic E-state index is 6.21. The third-order valence-electron chi connectivity index (χ3n) is 10.8. The summed E-state index contributed by atoms with van der Waals surface area (Å²) in [5.41, 5.74) is 13.6. The Hall–Kier alpha value is -6.68. The van der Waals surface area contributed by atoms with Crippen molar-refractivity contribution in [1.82, 2.24) is 9.05 Å². The number of nitrogens with zero attached hydrogens (tertiary/aromatic N) is 2. The van der Waals surface area contributed by atoms with Crippen LogP contribution >= 0.6 is 0 Å². The van der Waals surface area contributed by atoms with Crippen molar-refractivity contribution in [3.63, 3.8) is 0 Å². The van der Waals surface area contributed by atoms with Crippen molar-refractivity contribution in [2.45, 2.75) is 0 Å². The molecule has 0 aliphatic heterocycles. The van der Waals surface area contributed by atoms with E-state index in [9.17, 15) is 0 Å². The van der Waals surface area contributed by atoms with Crippen LogP contribution in [0.5, 0.6) is 0 Å². The second kappa shape index (κ2) is 12.0. The number of rotatable bonds is 6. The fourth-order valence-electron chi connectivity index (χ4n) is 8.12. The lowest BCUT2D eigenvalue weighted by atomic mass is 9.95. The number of hydrogen-bond donors (Lipinski definition) is 0. The van der Waals surface area contributed by atoms with Gasteiger partial charge in [0.25, 0.3) is 0 Å². The van der Waals surface area contributed by atoms with E-state index in [0.29, 0.717) is 4.48 Å². The molecule has 0 saturated heterocycles. The summed E-state index contributed by atoms with van der Waals surface area (Å²) in [6.45, 7) is 0. The van der Waals surface area contributed by atoms with Gasteiger partial charge in [0, 0.05) is 45.8 Å². The van der Waals surface area contributed by atoms with E-state index in [-0.39, 0.29) is 0 Å². The fourth-order valence-corrected chi connectivity index (χ4v) is 8.12. The van der Waals surface area contributed by atoms with E-state index in [0.717, 1.165) is 27.6 Å². The molecule has 0 fully saturated rings. The fraction of sp³-hybridized carbons (Fsp3) is 0.0204. The van der Waals surface area contributed by atoms with Crippen LogP contribution in [0.2, 0.25) is 0 Å². The number of quaternary nitrogens is 1. The molecule has 1 unspecified atom stereocenters. The molecule has 1 atom stereocenters. The van der Waals surface area contributed by atoms with Gasteiger partial charge < -0.3 is 8.98 Å². The first-order valence-corrected chi connectivity index (χ1v) is 17.8. The molecule has 10 aromatic rings. The summed E-state index contributed by atoms with van der Waals surface area (Å²) >= 11 is 0. The third kappa shape index (κ3) is 4.71. The summed E-state index contributed by atoms with van der Waals surface area (Å²) in [5.74, 6) is 0. The second-order valence-corrected chi connectivity index (χ2v) is 13.6.